The lowest BCUT2D eigenvalue weighted by Crippen LogP contribution is -2.38. The predicted molar refractivity (Wildman–Crippen MR) is 111 cm³/mol. The fourth-order valence-corrected chi connectivity index (χ4v) is 4.22. The molecule has 29 heavy (non-hydrogen) atoms. The maximum absolute atomic E-state index is 13.2. The molecular formula is C22H18N2O4S. The third-order valence-electron chi connectivity index (χ3n) is 4.56. The van der Waals surface area contributed by atoms with E-state index in [1.165, 1.54) is 23.0 Å². The second-order valence-electron chi connectivity index (χ2n) is 6.40. The zero-order valence-electron chi connectivity index (χ0n) is 15.9. The van der Waals surface area contributed by atoms with Gasteiger partial charge in [-0.25, -0.2) is 9.79 Å². The molecule has 3 heterocycles. The van der Waals surface area contributed by atoms with Gasteiger partial charge in [-0.1, -0.05) is 53.8 Å². The van der Waals surface area contributed by atoms with Crippen LogP contribution in [0.2, 0.25) is 0 Å². The third-order valence-corrected chi connectivity index (χ3v) is 5.54. The Bertz CT molecular complexity index is 1280. The average molecular weight is 406 g/mol. The molecular weight excluding hydrogens is 388 g/mol. The van der Waals surface area contributed by atoms with E-state index >= 15 is 0 Å². The lowest BCUT2D eigenvalue weighted by atomic mass is 10.0. The summed E-state index contributed by atoms with van der Waals surface area (Å²) in [7, 11) is 1.32. The molecule has 7 heteroatoms. The minimum atomic E-state index is -0.613. The maximum Gasteiger partial charge on any atom is 0.338 e. The van der Waals surface area contributed by atoms with Gasteiger partial charge in [-0.15, -0.1) is 0 Å². The van der Waals surface area contributed by atoms with Crippen LogP contribution >= 0.6 is 11.3 Å². The van der Waals surface area contributed by atoms with Crippen LogP contribution in [-0.4, -0.2) is 17.6 Å². The van der Waals surface area contributed by atoms with Gasteiger partial charge in [0.15, 0.2) is 4.80 Å². The summed E-state index contributed by atoms with van der Waals surface area (Å²) in [6, 6.07) is 12.6. The van der Waals surface area contributed by atoms with Gasteiger partial charge in [-0.05, 0) is 24.6 Å². The fraction of sp³-hybridized carbons (Fsp3) is 0.136. The van der Waals surface area contributed by atoms with Crippen LogP contribution in [0, 0.1) is 0 Å². The molecule has 1 atom stereocenters. The first-order valence-electron chi connectivity index (χ1n) is 8.96. The number of hydrogen-bond donors (Lipinski definition) is 0. The van der Waals surface area contributed by atoms with Crippen molar-refractivity contribution in [3.63, 3.8) is 0 Å². The average Bonchev–Trinajstić information content (AvgIpc) is 3.34. The van der Waals surface area contributed by atoms with Gasteiger partial charge in [-0.3, -0.25) is 9.36 Å². The van der Waals surface area contributed by atoms with Crippen LogP contribution in [0.5, 0.6) is 0 Å². The van der Waals surface area contributed by atoms with Crippen LogP contribution in [0.4, 0.5) is 0 Å². The van der Waals surface area contributed by atoms with Crippen molar-refractivity contribution in [1.29, 1.82) is 0 Å². The summed E-state index contributed by atoms with van der Waals surface area (Å²) < 4.78 is 12.3. The molecule has 0 saturated carbocycles. The number of carbonyl (C=O) groups is 1. The van der Waals surface area contributed by atoms with E-state index in [2.05, 4.69) is 4.99 Å². The number of methoxy groups -OCH3 is 1. The zero-order valence-corrected chi connectivity index (χ0v) is 16.7. The summed E-state index contributed by atoms with van der Waals surface area (Å²) in [4.78, 5) is 30.6. The number of aromatic nitrogens is 1. The number of benzene rings is 1. The Balaban J connectivity index is 1.89. The van der Waals surface area contributed by atoms with E-state index in [1.54, 1.807) is 31.4 Å². The van der Waals surface area contributed by atoms with Crippen molar-refractivity contribution in [1.82, 2.24) is 4.57 Å². The predicted octanol–water partition coefficient (Wildman–Crippen LogP) is 2.67. The van der Waals surface area contributed by atoms with Crippen LogP contribution < -0.4 is 14.9 Å². The number of carbonyl (C=O) groups excluding carboxylic acids is 1. The number of ether oxygens (including phenoxy) is 1. The summed E-state index contributed by atoms with van der Waals surface area (Å²) in [5.74, 6) is 0.0739. The van der Waals surface area contributed by atoms with Crippen LogP contribution in [0.1, 0.15) is 24.3 Å². The molecule has 0 bridgehead atoms. The number of nitrogens with zero attached hydrogens (tertiary/aromatic N) is 2. The standard InChI is InChI=1S/C22H18N2O4S/c1-14-19(21(26)27-2)17(11-10-15-7-4-3-5-8-15)24-20(25)18(29-22(24)23-14)13-16-9-6-12-28-16/h3-13,17H,1-2H3/b11-10+,18-13+. The maximum atomic E-state index is 13.2. The van der Waals surface area contributed by atoms with Gasteiger partial charge < -0.3 is 9.15 Å². The summed E-state index contributed by atoms with van der Waals surface area (Å²) in [6.45, 7) is 1.75. The first kappa shape index (κ1) is 18.9. The molecule has 0 saturated heterocycles. The van der Waals surface area contributed by atoms with E-state index in [0.29, 0.717) is 26.4 Å². The number of rotatable bonds is 4. The molecule has 1 aromatic carbocycles. The number of allylic oxidation sites excluding steroid dienone is 2. The smallest absolute Gasteiger partial charge is 0.338 e. The van der Waals surface area contributed by atoms with Gasteiger partial charge in [0.25, 0.3) is 5.56 Å². The fourth-order valence-electron chi connectivity index (χ4n) is 3.19. The molecule has 4 rings (SSSR count). The van der Waals surface area contributed by atoms with Gasteiger partial charge in [0.2, 0.25) is 0 Å². The number of furan rings is 1. The lowest BCUT2D eigenvalue weighted by Gasteiger charge is -2.21. The highest BCUT2D eigenvalue weighted by Gasteiger charge is 2.30. The number of thiazole rings is 1. The molecule has 146 valence electrons. The lowest BCUT2D eigenvalue weighted by molar-refractivity contribution is -0.136. The SMILES string of the molecule is COC(=O)C1=C(C)N=c2s/c(=C/c3ccco3)c(=O)n2C1/C=C/c1ccccc1. The first-order chi connectivity index (χ1) is 14.1. The molecule has 1 unspecified atom stereocenters. The van der Waals surface area contributed by atoms with Crippen LogP contribution in [0.15, 0.2) is 80.3 Å². The Morgan fingerprint density at radius 2 is 2.03 bits per heavy atom. The van der Waals surface area contributed by atoms with Gasteiger partial charge in [-0.2, -0.15) is 0 Å². The third kappa shape index (κ3) is 3.64. The van der Waals surface area contributed by atoms with E-state index in [0.717, 1.165) is 5.56 Å². The minimum Gasteiger partial charge on any atom is -0.466 e. The molecule has 1 aliphatic heterocycles. The monoisotopic (exact) mass is 406 g/mol. The van der Waals surface area contributed by atoms with Crippen molar-refractivity contribution in [3.8, 4) is 0 Å². The largest absolute Gasteiger partial charge is 0.466 e. The highest BCUT2D eigenvalue weighted by atomic mass is 32.1. The van der Waals surface area contributed by atoms with Crippen LogP contribution in [0.3, 0.4) is 0 Å². The second-order valence-corrected chi connectivity index (χ2v) is 7.41. The number of esters is 1. The van der Waals surface area contributed by atoms with Crippen molar-refractivity contribution in [3.05, 3.63) is 97.1 Å². The van der Waals surface area contributed by atoms with E-state index < -0.39 is 12.0 Å². The second kappa shape index (κ2) is 7.89. The Morgan fingerprint density at radius 3 is 2.72 bits per heavy atom. The summed E-state index contributed by atoms with van der Waals surface area (Å²) in [6.07, 6.45) is 6.94. The highest BCUT2D eigenvalue weighted by molar-refractivity contribution is 7.07. The number of hydrogen-bond acceptors (Lipinski definition) is 6. The first-order valence-corrected chi connectivity index (χ1v) is 9.78. The summed E-state index contributed by atoms with van der Waals surface area (Å²) in [5.41, 5.74) is 1.60. The Hall–Kier alpha value is -3.45. The molecule has 0 radical (unpaired) electrons. The van der Waals surface area contributed by atoms with E-state index in [1.807, 2.05) is 42.5 Å². The molecule has 2 aromatic heterocycles. The van der Waals surface area contributed by atoms with Crippen molar-refractivity contribution >= 4 is 29.5 Å². The summed E-state index contributed by atoms with van der Waals surface area (Å²) in [5, 5.41) is 0. The topological polar surface area (TPSA) is 73.8 Å². The van der Waals surface area contributed by atoms with Gasteiger partial charge >= 0.3 is 5.97 Å². The Morgan fingerprint density at radius 1 is 1.24 bits per heavy atom. The molecule has 6 nitrogen and oxygen atoms in total. The van der Waals surface area contributed by atoms with Crippen molar-refractivity contribution in [2.45, 2.75) is 13.0 Å². The molecule has 1 aliphatic rings. The Labute approximate surface area is 170 Å². The zero-order chi connectivity index (χ0) is 20.4. The molecule has 0 aliphatic carbocycles. The van der Waals surface area contributed by atoms with Crippen LogP contribution in [0.25, 0.3) is 12.2 Å². The number of fused-ring (bicyclic) bond motifs is 1. The quantitative estimate of drug-likeness (QED) is 0.625. The van der Waals surface area contributed by atoms with Crippen LogP contribution in [-0.2, 0) is 9.53 Å². The van der Waals surface area contributed by atoms with E-state index in [4.69, 9.17) is 9.15 Å². The van der Waals surface area contributed by atoms with Gasteiger partial charge in [0.1, 0.15) is 5.76 Å². The highest BCUT2D eigenvalue weighted by Crippen LogP contribution is 2.26. The molecule has 0 spiro atoms. The van der Waals surface area contributed by atoms with E-state index in [9.17, 15) is 9.59 Å². The van der Waals surface area contributed by atoms with E-state index in [-0.39, 0.29) is 5.56 Å². The molecule has 0 N–H and O–H groups in total. The van der Waals surface area contributed by atoms with Crippen molar-refractivity contribution < 1.29 is 13.9 Å². The van der Waals surface area contributed by atoms with Gasteiger partial charge in [0, 0.05) is 6.08 Å². The molecule has 0 fully saturated rings. The summed E-state index contributed by atoms with van der Waals surface area (Å²) >= 11 is 1.26. The van der Waals surface area contributed by atoms with Crippen molar-refractivity contribution in [2.24, 2.45) is 4.99 Å². The molecule has 0 amide bonds. The minimum absolute atomic E-state index is 0.234. The Kier molecular flexibility index (Phi) is 5.14. The van der Waals surface area contributed by atoms with Gasteiger partial charge in [0.05, 0.1) is 35.2 Å². The molecule has 3 aromatic rings. The normalized spacial score (nSPS) is 16.8. The van der Waals surface area contributed by atoms with Crippen molar-refractivity contribution in [2.75, 3.05) is 7.11 Å².